The van der Waals surface area contributed by atoms with Crippen LogP contribution in [0.3, 0.4) is 0 Å². The number of hydrogen-bond donors (Lipinski definition) is 3. The molecule has 0 aliphatic carbocycles. The molecule has 0 aliphatic heterocycles. The summed E-state index contributed by atoms with van der Waals surface area (Å²) in [6.45, 7) is 7.19. The van der Waals surface area contributed by atoms with Crippen LogP contribution in [-0.4, -0.2) is 41.1 Å². The van der Waals surface area contributed by atoms with E-state index in [1.54, 1.807) is 18.2 Å². The maximum Gasteiger partial charge on any atom is 0.0721 e. The van der Waals surface area contributed by atoms with Crippen LogP contribution in [-0.2, 0) is 25.8 Å². The van der Waals surface area contributed by atoms with Gasteiger partial charge in [0, 0.05) is 51.2 Å². The van der Waals surface area contributed by atoms with Crippen molar-refractivity contribution >= 4 is 16.7 Å². The van der Waals surface area contributed by atoms with Crippen LogP contribution >= 0.6 is 0 Å². The van der Waals surface area contributed by atoms with Crippen molar-refractivity contribution in [2.75, 3.05) is 19.8 Å². The van der Waals surface area contributed by atoms with Gasteiger partial charge in [-0.2, -0.15) is 0 Å². The van der Waals surface area contributed by atoms with E-state index in [0.717, 1.165) is 49.3 Å². The van der Waals surface area contributed by atoms with Gasteiger partial charge >= 0.3 is 0 Å². The molecule has 0 radical (unpaired) electrons. The van der Waals surface area contributed by atoms with E-state index in [-0.39, 0.29) is 31.4 Å². The molecule has 0 fully saturated rings. The number of carbonyl (C=O) groups is 1. The average Bonchev–Trinajstić information content (AvgIpc) is 2.71. The first-order chi connectivity index (χ1) is 13.5. The zero-order chi connectivity index (χ0) is 21.6. The topological polar surface area (TPSA) is 101 Å². The van der Waals surface area contributed by atoms with Crippen molar-refractivity contribution in [3.05, 3.63) is 48.0 Å². The first-order valence-corrected chi connectivity index (χ1v) is 10.0. The SMILES string of the molecule is CCCCO.CCCCO.CCCCO.O=C([O-])c1cccc2ccccc12.[Hf]. The fraction of sp³-hybridized carbons (Fsp3) is 0.522. The van der Waals surface area contributed by atoms with Crippen LogP contribution in [0.1, 0.15) is 69.7 Å². The number of rotatable bonds is 7. The Morgan fingerprint density at radius 3 is 1.52 bits per heavy atom. The molecule has 6 heteroatoms. The molecule has 5 nitrogen and oxygen atoms in total. The Labute approximate surface area is 194 Å². The zero-order valence-electron chi connectivity index (χ0n) is 18.1. The van der Waals surface area contributed by atoms with Crippen LogP contribution in [0.15, 0.2) is 42.5 Å². The molecule has 0 saturated carbocycles. The summed E-state index contributed by atoms with van der Waals surface area (Å²) >= 11 is 0. The second-order valence-corrected chi connectivity index (χ2v) is 6.05. The number of hydrogen-bond acceptors (Lipinski definition) is 5. The van der Waals surface area contributed by atoms with E-state index in [4.69, 9.17) is 15.3 Å². The van der Waals surface area contributed by atoms with Crippen LogP contribution in [0.4, 0.5) is 0 Å². The quantitative estimate of drug-likeness (QED) is 0.442. The van der Waals surface area contributed by atoms with Crippen LogP contribution in [0.5, 0.6) is 0 Å². The molecular weight excluding hydrogens is 535 g/mol. The molecule has 164 valence electrons. The van der Waals surface area contributed by atoms with Gasteiger partial charge in [0.25, 0.3) is 0 Å². The molecule has 2 aromatic rings. The van der Waals surface area contributed by atoms with E-state index in [0.29, 0.717) is 19.8 Å². The number of unbranched alkanes of at least 4 members (excludes halogenated alkanes) is 3. The van der Waals surface area contributed by atoms with Gasteiger partial charge in [-0.05, 0) is 30.0 Å². The Kier molecular flexibility index (Phi) is 28.0. The molecule has 0 aliphatic rings. The minimum Gasteiger partial charge on any atom is -0.545 e. The first-order valence-electron chi connectivity index (χ1n) is 10.0. The van der Waals surface area contributed by atoms with Gasteiger partial charge in [0.05, 0.1) is 5.97 Å². The van der Waals surface area contributed by atoms with Crippen molar-refractivity contribution in [2.45, 2.75) is 59.3 Å². The predicted molar refractivity (Wildman–Crippen MR) is 114 cm³/mol. The third-order valence-electron chi connectivity index (χ3n) is 3.54. The number of fused-ring (bicyclic) bond motifs is 1. The van der Waals surface area contributed by atoms with Crippen LogP contribution < -0.4 is 5.11 Å². The Morgan fingerprint density at radius 2 is 1.17 bits per heavy atom. The molecule has 0 spiro atoms. The average molecular weight is 572 g/mol. The van der Waals surface area contributed by atoms with Crippen molar-refractivity contribution in [2.24, 2.45) is 0 Å². The van der Waals surface area contributed by atoms with E-state index < -0.39 is 5.97 Å². The van der Waals surface area contributed by atoms with Gasteiger partial charge in [-0.15, -0.1) is 0 Å². The summed E-state index contributed by atoms with van der Waals surface area (Å²) in [5.41, 5.74) is 0.248. The smallest absolute Gasteiger partial charge is 0.0721 e. The van der Waals surface area contributed by atoms with Crippen molar-refractivity contribution in [3.63, 3.8) is 0 Å². The van der Waals surface area contributed by atoms with Crippen molar-refractivity contribution < 1.29 is 51.1 Å². The number of aliphatic hydroxyl groups excluding tert-OH is 3. The standard InChI is InChI=1S/C11H8O2.3C4H10O.Hf/c12-11(13)10-7-3-5-8-4-1-2-6-9(8)10;3*1-2-3-4-5;/h1-7H,(H,12,13);3*5H,2-4H2,1H3;/p-1. The molecule has 0 heterocycles. The van der Waals surface area contributed by atoms with E-state index in [9.17, 15) is 9.90 Å². The molecular formula is C23H37HfO5-. The molecule has 0 bridgehead atoms. The molecule has 29 heavy (non-hydrogen) atoms. The van der Waals surface area contributed by atoms with E-state index >= 15 is 0 Å². The van der Waals surface area contributed by atoms with Gasteiger partial charge in [-0.3, -0.25) is 0 Å². The van der Waals surface area contributed by atoms with Gasteiger partial charge < -0.3 is 25.2 Å². The third-order valence-corrected chi connectivity index (χ3v) is 3.54. The number of carboxylic acid groups (broad SMARTS) is 1. The summed E-state index contributed by atoms with van der Waals surface area (Å²) in [7, 11) is 0. The molecule has 3 N–H and O–H groups in total. The van der Waals surface area contributed by atoms with Crippen LogP contribution in [0, 0.1) is 0 Å². The van der Waals surface area contributed by atoms with Gasteiger partial charge in [-0.1, -0.05) is 82.5 Å². The summed E-state index contributed by atoms with van der Waals surface area (Å²) in [5.74, 6) is -1.13. The monoisotopic (exact) mass is 573 g/mol. The first kappa shape index (κ1) is 32.6. The van der Waals surface area contributed by atoms with Crippen LogP contribution in [0.25, 0.3) is 10.8 Å². The Bertz CT molecular complexity index is 579. The summed E-state index contributed by atoms with van der Waals surface area (Å²) in [6, 6.07) is 12.5. The number of carbonyl (C=O) groups excluding carboxylic acids is 1. The number of benzene rings is 2. The van der Waals surface area contributed by atoms with Crippen molar-refractivity contribution in [3.8, 4) is 0 Å². The molecule has 0 amide bonds. The summed E-state index contributed by atoms with van der Waals surface area (Å²) in [6.07, 6.45) is 6.11. The Morgan fingerprint density at radius 1 is 0.759 bits per heavy atom. The molecule has 0 unspecified atom stereocenters. The number of aliphatic hydroxyl groups is 3. The zero-order valence-corrected chi connectivity index (χ0v) is 21.7. The van der Waals surface area contributed by atoms with Gasteiger partial charge in [0.15, 0.2) is 0 Å². The molecule has 0 aromatic heterocycles. The predicted octanol–water partition coefficient (Wildman–Crippen LogP) is 3.54. The van der Waals surface area contributed by atoms with Gasteiger partial charge in [0.1, 0.15) is 0 Å². The van der Waals surface area contributed by atoms with Gasteiger partial charge in [-0.25, -0.2) is 0 Å². The molecule has 0 saturated heterocycles. The third kappa shape index (κ3) is 18.7. The number of carboxylic acids is 1. The molecule has 2 rings (SSSR count). The summed E-state index contributed by atoms with van der Waals surface area (Å²) in [4.78, 5) is 10.7. The minimum atomic E-state index is -1.13. The minimum absolute atomic E-state index is 0. The van der Waals surface area contributed by atoms with E-state index in [1.807, 2.05) is 24.3 Å². The normalized spacial score (nSPS) is 8.90. The second-order valence-electron chi connectivity index (χ2n) is 6.05. The molecule has 0 atom stereocenters. The van der Waals surface area contributed by atoms with Gasteiger partial charge in [0.2, 0.25) is 0 Å². The largest absolute Gasteiger partial charge is 0.545 e. The van der Waals surface area contributed by atoms with E-state index in [2.05, 4.69) is 20.8 Å². The summed E-state index contributed by atoms with van der Waals surface area (Å²) in [5, 5.41) is 36.5. The maximum atomic E-state index is 10.7. The Balaban J connectivity index is -0.000000357. The van der Waals surface area contributed by atoms with Crippen molar-refractivity contribution in [1.29, 1.82) is 0 Å². The van der Waals surface area contributed by atoms with E-state index in [1.165, 1.54) is 0 Å². The van der Waals surface area contributed by atoms with Crippen molar-refractivity contribution in [1.82, 2.24) is 0 Å². The fourth-order valence-corrected chi connectivity index (χ4v) is 1.88. The van der Waals surface area contributed by atoms with Crippen LogP contribution in [0.2, 0.25) is 0 Å². The Hall–Kier alpha value is -1.08. The second kappa shape index (κ2) is 25.0. The molecule has 2 aromatic carbocycles. The maximum absolute atomic E-state index is 10.7. The number of aromatic carboxylic acids is 1. The fourth-order valence-electron chi connectivity index (χ4n) is 1.88. The summed E-state index contributed by atoms with van der Waals surface area (Å²) < 4.78 is 0.